The zero-order chi connectivity index (χ0) is 14.5. The monoisotopic (exact) mass is 283 g/mol. The largest absolute Gasteiger partial charge is 0.481 e. The molecular formula is C14H25N3O3. The third-order valence-corrected chi connectivity index (χ3v) is 4.47. The summed E-state index contributed by atoms with van der Waals surface area (Å²) in [6, 6.07) is 0.294. The molecule has 0 bridgehead atoms. The molecule has 0 spiro atoms. The number of carboxylic acid groups (broad SMARTS) is 1. The third kappa shape index (κ3) is 3.85. The Hall–Kier alpha value is -1.30. The number of hydrogen-bond acceptors (Lipinski definition) is 3. The summed E-state index contributed by atoms with van der Waals surface area (Å²) in [7, 11) is 2.09. The fourth-order valence-corrected chi connectivity index (χ4v) is 3.08. The lowest BCUT2D eigenvalue weighted by Gasteiger charge is -2.34. The molecule has 0 saturated carbocycles. The van der Waals surface area contributed by atoms with Gasteiger partial charge in [0, 0.05) is 25.7 Å². The fourth-order valence-electron chi connectivity index (χ4n) is 3.08. The maximum Gasteiger partial charge on any atom is 0.317 e. The van der Waals surface area contributed by atoms with E-state index in [1.807, 2.05) is 0 Å². The smallest absolute Gasteiger partial charge is 0.317 e. The topological polar surface area (TPSA) is 72.9 Å². The minimum Gasteiger partial charge on any atom is -0.481 e. The van der Waals surface area contributed by atoms with Gasteiger partial charge in [-0.1, -0.05) is 6.42 Å². The molecule has 2 amide bonds. The first-order valence-corrected chi connectivity index (χ1v) is 7.53. The number of likely N-dealkylation sites (tertiary alicyclic amines) is 2. The van der Waals surface area contributed by atoms with Crippen molar-refractivity contribution in [3.63, 3.8) is 0 Å². The van der Waals surface area contributed by atoms with Gasteiger partial charge in [0.05, 0.1) is 5.92 Å². The highest BCUT2D eigenvalue weighted by Crippen LogP contribution is 2.17. The van der Waals surface area contributed by atoms with Gasteiger partial charge in [0.25, 0.3) is 0 Å². The molecule has 20 heavy (non-hydrogen) atoms. The van der Waals surface area contributed by atoms with Crippen LogP contribution in [0.15, 0.2) is 0 Å². The van der Waals surface area contributed by atoms with Crippen molar-refractivity contribution in [1.29, 1.82) is 0 Å². The van der Waals surface area contributed by atoms with Crippen LogP contribution in [0.25, 0.3) is 0 Å². The zero-order valence-electron chi connectivity index (χ0n) is 12.2. The van der Waals surface area contributed by atoms with Crippen LogP contribution in [0, 0.1) is 5.92 Å². The van der Waals surface area contributed by atoms with Crippen LogP contribution >= 0.6 is 0 Å². The average Bonchev–Trinajstić information content (AvgIpc) is 2.46. The molecule has 2 N–H and O–H groups in total. The van der Waals surface area contributed by atoms with Crippen LogP contribution < -0.4 is 5.32 Å². The molecule has 0 aromatic rings. The summed E-state index contributed by atoms with van der Waals surface area (Å²) in [6.45, 7) is 2.74. The van der Waals surface area contributed by atoms with Crippen LogP contribution in [0.4, 0.5) is 4.79 Å². The highest BCUT2D eigenvalue weighted by Gasteiger charge is 2.28. The molecule has 0 aromatic heterocycles. The van der Waals surface area contributed by atoms with Gasteiger partial charge < -0.3 is 20.2 Å². The van der Waals surface area contributed by atoms with E-state index in [2.05, 4.69) is 17.3 Å². The summed E-state index contributed by atoms with van der Waals surface area (Å²) in [5, 5.41) is 12.0. The van der Waals surface area contributed by atoms with Gasteiger partial charge in [0.2, 0.25) is 0 Å². The van der Waals surface area contributed by atoms with Gasteiger partial charge in [-0.15, -0.1) is 0 Å². The quantitative estimate of drug-likeness (QED) is 0.810. The van der Waals surface area contributed by atoms with Crippen molar-refractivity contribution in [1.82, 2.24) is 15.1 Å². The Morgan fingerprint density at radius 2 is 2.00 bits per heavy atom. The first-order chi connectivity index (χ1) is 9.58. The Morgan fingerprint density at radius 1 is 1.20 bits per heavy atom. The lowest BCUT2D eigenvalue weighted by Crippen LogP contribution is -2.51. The van der Waals surface area contributed by atoms with Crippen LogP contribution in [-0.2, 0) is 4.79 Å². The Morgan fingerprint density at radius 3 is 2.70 bits per heavy atom. The highest BCUT2D eigenvalue weighted by molar-refractivity contribution is 5.76. The second-order valence-electron chi connectivity index (χ2n) is 5.94. The molecule has 2 aliphatic rings. The summed E-state index contributed by atoms with van der Waals surface area (Å²) < 4.78 is 0. The van der Waals surface area contributed by atoms with Gasteiger partial charge in [-0.2, -0.15) is 0 Å². The van der Waals surface area contributed by atoms with E-state index in [4.69, 9.17) is 5.11 Å². The van der Waals surface area contributed by atoms with E-state index < -0.39 is 11.9 Å². The second kappa shape index (κ2) is 6.92. The number of carbonyl (C=O) groups excluding carboxylic acids is 1. The van der Waals surface area contributed by atoms with Crippen molar-refractivity contribution in [2.75, 3.05) is 33.2 Å². The predicted molar refractivity (Wildman–Crippen MR) is 75.6 cm³/mol. The van der Waals surface area contributed by atoms with E-state index in [0.717, 1.165) is 19.4 Å². The minimum atomic E-state index is -0.797. The number of likely N-dealkylation sites (N-methyl/N-ethyl adjacent to an activating group) is 1. The number of piperidine rings is 2. The lowest BCUT2D eigenvalue weighted by molar-refractivity contribution is -0.143. The first kappa shape index (κ1) is 15.1. The van der Waals surface area contributed by atoms with Gasteiger partial charge in [-0.3, -0.25) is 4.79 Å². The highest BCUT2D eigenvalue weighted by atomic mass is 16.4. The molecule has 2 rings (SSSR count). The van der Waals surface area contributed by atoms with Gasteiger partial charge in [-0.25, -0.2) is 4.79 Å². The number of carboxylic acids is 1. The molecule has 6 heteroatoms. The van der Waals surface area contributed by atoms with E-state index in [9.17, 15) is 9.59 Å². The van der Waals surface area contributed by atoms with E-state index >= 15 is 0 Å². The number of carbonyl (C=O) groups is 2. The maximum absolute atomic E-state index is 12.1. The van der Waals surface area contributed by atoms with E-state index in [1.54, 1.807) is 4.90 Å². The normalized spacial score (nSPS) is 28.1. The Balaban J connectivity index is 1.77. The van der Waals surface area contributed by atoms with Crippen molar-refractivity contribution >= 4 is 12.0 Å². The van der Waals surface area contributed by atoms with E-state index in [1.165, 1.54) is 12.8 Å². The molecular weight excluding hydrogens is 258 g/mol. The first-order valence-electron chi connectivity index (χ1n) is 7.53. The lowest BCUT2D eigenvalue weighted by atomic mass is 9.98. The molecule has 2 saturated heterocycles. The summed E-state index contributed by atoms with van der Waals surface area (Å²) >= 11 is 0. The van der Waals surface area contributed by atoms with Crippen LogP contribution in [0.5, 0.6) is 0 Å². The number of amides is 2. The van der Waals surface area contributed by atoms with Crippen molar-refractivity contribution < 1.29 is 14.7 Å². The van der Waals surface area contributed by atoms with Gasteiger partial charge in [-0.05, 0) is 39.3 Å². The van der Waals surface area contributed by atoms with Crippen molar-refractivity contribution in [3.8, 4) is 0 Å². The molecule has 0 radical (unpaired) electrons. The SMILES string of the molecule is CN1CCCCC1CNC(=O)N1CCC[C@@H](C(=O)O)C1. The second-order valence-corrected chi connectivity index (χ2v) is 5.94. The van der Waals surface area contributed by atoms with Gasteiger partial charge >= 0.3 is 12.0 Å². The molecule has 2 heterocycles. The Labute approximate surface area is 120 Å². The standard InChI is InChI=1S/C14H25N3O3/c1-16-7-3-2-6-12(16)9-15-14(20)17-8-4-5-11(10-17)13(18)19/h11-12H,2-10H2,1H3,(H,15,20)(H,18,19)/t11-,12?/m1/s1. The van der Waals surface area contributed by atoms with E-state index in [-0.39, 0.29) is 6.03 Å². The number of urea groups is 1. The van der Waals surface area contributed by atoms with Crippen LogP contribution in [-0.4, -0.2) is 66.2 Å². The minimum absolute atomic E-state index is 0.116. The molecule has 6 nitrogen and oxygen atoms in total. The van der Waals surface area contributed by atoms with Crippen LogP contribution in [0.3, 0.4) is 0 Å². The number of aliphatic carboxylic acids is 1. The van der Waals surface area contributed by atoms with Gasteiger partial charge in [0.1, 0.15) is 0 Å². The number of nitrogens with zero attached hydrogens (tertiary/aromatic N) is 2. The molecule has 2 atom stereocenters. The Kier molecular flexibility index (Phi) is 5.23. The molecule has 114 valence electrons. The third-order valence-electron chi connectivity index (χ3n) is 4.47. The molecule has 2 fully saturated rings. The summed E-state index contributed by atoms with van der Waals surface area (Å²) in [5.41, 5.74) is 0. The summed E-state index contributed by atoms with van der Waals surface area (Å²) in [5.74, 6) is -1.21. The van der Waals surface area contributed by atoms with Crippen LogP contribution in [0.2, 0.25) is 0 Å². The van der Waals surface area contributed by atoms with Crippen LogP contribution in [0.1, 0.15) is 32.1 Å². The summed E-state index contributed by atoms with van der Waals surface area (Å²) in [4.78, 5) is 27.1. The molecule has 1 unspecified atom stereocenters. The zero-order valence-corrected chi connectivity index (χ0v) is 12.2. The molecule has 2 aliphatic heterocycles. The predicted octanol–water partition coefficient (Wildman–Crippen LogP) is 0.977. The number of rotatable bonds is 3. The number of hydrogen-bond donors (Lipinski definition) is 2. The molecule has 0 aliphatic carbocycles. The van der Waals surface area contributed by atoms with E-state index in [0.29, 0.717) is 32.1 Å². The van der Waals surface area contributed by atoms with Crippen molar-refractivity contribution in [2.24, 2.45) is 5.92 Å². The summed E-state index contributed by atoms with van der Waals surface area (Å²) in [6.07, 6.45) is 5.01. The maximum atomic E-state index is 12.1. The molecule has 0 aromatic carbocycles. The van der Waals surface area contributed by atoms with Crippen molar-refractivity contribution in [3.05, 3.63) is 0 Å². The van der Waals surface area contributed by atoms with Gasteiger partial charge in [0.15, 0.2) is 0 Å². The average molecular weight is 283 g/mol. The number of nitrogens with one attached hydrogen (secondary N) is 1. The van der Waals surface area contributed by atoms with Crippen molar-refractivity contribution in [2.45, 2.75) is 38.1 Å². The Bertz CT molecular complexity index is 362. The fraction of sp³-hybridized carbons (Fsp3) is 0.857.